The van der Waals surface area contributed by atoms with E-state index in [4.69, 9.17) is 4.74 Å². The third kappa shape index (κ3) is 4.40. The molecule has 0 bridgehead atoms. The first-order valence-electron chi connectivity index (χ1n) is 7.57. The largest absolute Gasteiger partial charge is 0.383 e. The Bertz CT molecular complexity index is 497. The second kappa shape index (κ2) is 8.32. The Morgan fingerprint density at radius 1 is 1.19 bits per heavy atom. The van der Waals surface area contributed by atoms with Crippen molar-refractivity contribution in [3.05, 3.63) is 58.3 Å². The van der Waals surface area contributed by atoms with Crippen LogP contribution in [-0.2, 0) is 16.6 Å². The molecule has 3 heteroatoms. The minimum absolute atomic E-state index is 0.149. The molecule has 1 unspecified atom stereocenters. The Morgan fingerprint density at radius 2 is 2.00 bits per heavy atom. The SMILES string of the molecule is CCC(CNCCOC)(Cc1ccsc1)c1ccccc1. The normalized spacial score (nSPS) is 14.0. The third-order valence-electron chi connectivity index (χ3n) is 4.13. The van der Waals surface area contributed by atoms with Crippen LogP contribution in [0.2, 0.25) is 0 Å². The van der Waals surface area contributed by atoms with Crippen LogP contribution in [0.3, 0.4) is 0 Å². The van der Waals surface area contributed by atoms with Gasteiger partial charge in [0.1, 0.15) is 0 Å². The molecule has 0 aliphatic heterocycles. The van der Waals surface area contributed by atoms with E-state index < -0.39 is 0 Å². The number of nitrogens with one attached hydrogen (secondary N) is 1. The summed E-state index contributed by atoms with van der Waals surface area (Å²) in [6, 6.07) is 13.1. The standard InChI is InChI=1S/C18H25NOS/c1-3-18(15-19-10-11-20-2,13-16-9-12-21-14-16)17-7-5-4-6-8-17/h4-9,12,14,19H,3,10-11,13,15H2,1-2H3. The van der Waals surface area contributed by atoms with Crippen molar-refractivity contribution in [2.75, 3.05) is 26.8 Å². The van der Waals surface area contributed by atoms with Crippen molar-refractivity contribution in [3.63, 3.8) is 0 Å². The predicted molar refractivity (Wildman–Crippen MR) is 91.2 cm³/mol. The number of thiophene rings is 1. The average Bonchev–Trinajstić information content (AvgIpc) is 3.04. The Morgan fingerprint density at radius 3 is 2.62 bits per heavy atom. The highest BCUT2D eigenvalue weighted by atomic mass is 32.1. The topological polar surface area (TPSA) is 21.3 Å². The van der Waals surface area contributed by atoms with Crippen molar-refractivity contribution in [1.82, 2.24) is 5.32 Å². The molecular weight excluding hydrogens is 278 g/mol. The van der Waals surface area contributed by atoms with Crippen LogP contribution in [0.4, 0.5) is 0 Å². The maximum Gasteiger partial charge on any atom is 0.0587 e. The van der Waals surface area contributed by atoms with E-state index in [1.807, 2.05) is 0 Å². The Hall–Kier alpha value is -1.16. The molecule has 0 aliphatic rings. The van der Waals surface area contributed by atoms with E-state index >= 15 is 0 Å². The van der Waals surface area contributed by atoms with E-state index in [1.54, 1.807) is 18.4 Å². The summed E-state index contributed by atoms with van der Waals surface area (Å²) in [5.41, 5.74) is 3.00. The number of methoxy groups -OCH3 is 1. The number of rotatable bonds is 9. The molecule has 0 spiro atoms. The monoisotopic (exact) mass is 303 g/mol. The van der Waals surface area contributed by atoms with Gasteiger partial charge in [0.2, 0.25) is 0 Å². The molecule has 1 atom stereocenters. The third-order valence-corrected chi connectivity index (χ3v) is 4.86. The van der Waals surface area contributed by atoms with E-state index in [0.717, 1.165) is 32.5 Å². The van der Waals surface area contributed by atoms with Crippen molar-refractivity contribution >= 4 is 11.3 Å². The van der Waals surface area contributed by atoms with Crippen LogP contribution < -0.4 is 5.32 Å². The Kier molecular flexibility index (Phi) is 6.43. The molecule has 0 saturated carbocycles. The highest BCUT2D eigenvalue weighted by Gasteiger charge is 2.30. The summed E-state index contributed by atoms with van der Waals surface area (Å²) in [4.78, 5) is 0. The first-order valence-corrected chi connectivity index (χ1v) is 8.51. The Labute approximate surface area is 132 Å². The van der Waals surface area contributed by atoms with Crippen molar-refractivity contribution in [3.8, 4) is 0 Å². The van der Waals surface area contributed by atoms with Crippen molar-refractivity contribution in [1.29, 1.82) is 0 Å². The van der Waals surface area contributed by atoms with Gasteiger partial charge in [-0.2, -0.15) is 11.3 Å². The van der Waals surface area contributed by atoms with Gasteiger partial charge in [-0.05, 0) is 40.8 Å². The van der Waals surface area contributed by atoms with Gasteiger partial charge in [-0.1, -0.05) is 37.3 Å². The van der Waals surface area contributed by atoms with Crippen LogP contribution in [0.15, 0.2) is 47.2 Å². The molecular formula is C18H25NOS. The molecule has 2 rings (SSSR count). The summed E-state index contributed by atoms with van der Waals surface area (Å²) < 4.78 is 5.14. The van der Waals surface area contributed by atoms with Crippen molar-refractivity contribution < 1.29 is 4.74 Å². The first-order chi connectivity index (χ1) is 10.3. The zero-order chi connectivity index (χ0) is 15.0. The lowest BCUT2D eigenvalue weighted by Gasteiger charge is -2.34. The summed E-state index contributed by atoms with van der Waals surface area (Å²) in [5.74, 6) is 0. The fourth-order valence-corrected chi connectivity index (χ4v) is 3.47. The molecule has 21 heavy (non-hydrogen) atoms. The lowest BCUT2D eigenvalue weighted by Crippen LogP contribution is -2.40. The van der Waals surface area contributed by atoms with Crippen molar-refractivity contribution in [2.45, 2.75) is 25.2 Å². The summed E-state index contributed by atoms with van der Waals surface area (Å²) in [6.45, 7) is 4.92. The summed E-state index contributed by atoms with van der Waals surface area (Å²) in [6.07, 6.45) is 2.20. The molecule has 1 aromatic carbocycles. The van der Waals surface area contributed by atoms with E-state index in [9.17, 15) is 0 Å². The molecule has 0 amide bonds. The van der Waals surface area contributed by atoms with Crippen molar-refractivity contribution in [2.24, 2.45) is 0 Å². The molecule has 2 nitrogen and oxygen atoms in total. The molecule has 114 valence electrons. The van der Waals surface area contributed by atoms with Gasteiger partial charge in [0.05, 0.1) is 6.61 Å². The van der Waals surface area contributed by atoms with E-state index in [2.05, 4.69) is 59.4 Å². The summed E-state index contributed by atoms with van der Waals surface area (Å²) in [7, 11) is 1.75. The maximum absolute atomic E-state index is 5.14. The Balaban J connectivity index is 2.18. The van der Waals surface area contributed by atoms with Crippen LogP contribution in [0.25, 0.3) is 0 Å². The average molecular weight is 303 g/mol. The van der Waals surface area contributed by atoms with Gasteiger partial charge in [0.25, 0.3) is 0 Å². The molecule has 0 fully saturated rings. The lowest BCUT2D eigenvalue weighted by molar-refractivity contribution is 0.196. The first kappa shape index (κ1) is 16.2. The number of hydrogen-bond acceptors (Lipinski definition) is 3. The smallest absolute Gasteiger partial charge is 0.0587 e. The second-order valence-electron chi connectivity index (χ2n) is 5.48. The molecule has 0 radical (unpaired) electrons. The minimum atomic E-state index is 0.149. The highest BCUT2D eigenvalue weighted by Crippen LogP contribution is 2.32. The minimum Gasteiger partial charge on any atom is -0.383 e. The number of hydrogen-bond donors (Lipinski definition) is 1. The van der Waals surface area contributed by atoms with Crippen LogP contribution in [0, 0.1) is 0 Å². The van der Waals surface area contributed by atoms with Gasteiger partial charge in [-0.15, -0.1) is 0 Å². The van der Waals surface area contributed by atoms with Gasteiger partial charge in [-0.3, -0.25) is 0 Å². The fourth-order valence-electron chi connectivity index (χ4n) is 2.80. The number of ether oxygens (including phenoxy) is 1. The highest BCUT2D eigenvalue weighted by molar-refractivity contribution is 7.07. The summed E-state index contributed by atoms with van der Waals surface area (Å²) in [5, 5.41) is 8.00. The molecule has 1 N–H and O–H groups in total. The maximum atomic E-state index is 5.14. The quantitative estimate of drug-likeness (QED) is 0.710. The van der Waals surface area contributed by atoms with Gasteiger partial charge in [0, 0.05) is 25.6 Å². The van der Waals surface area contributed by atoms with Gasteiger partial charge < -0.3 is 10.1 Å². The molecule has 2 aromatic rings. The fraction of sp³-hybridized carbons (Fsp3) is 0.444. The molecule has 0 saturated heterocycles. The van der Waals surface area contributed by atoms with Gasteiger partial charge >= 0.3 is 0 Å². The second-order valence-corrected chi connectivity index (χ2v) is 6.26. The van der Waals surface area contributed by atoms with Gasteiger partial charge in [0.15, 0.2) is 0 Å². The lowest BCUT2D eigenvalue weighted by atomic mass is 9.73. The van der Waals surface area contributed by atoms with Crippen LogP contribution >= 0.6 is 11.3 Å². The predicted octanol–water partition coefficient (Wildman–Crippen LogP) is 3.87. The van der Waals surface area contributed by atoms with E-state index in [1.165, 1.54) is 11.1 Å². The summed E-state index contributed by atoms with van der Waals surface area (Å²) >= 11 is 1.78. The zero-order valence-electron chi connectivity index (χ0n) is 13.0. The zero-order valence-corrected chi connectivity index (χ0v) is 13.8. The van der Waals surface area contributed by atoms with E-state index in [0.29, 0.717) is 0 Å². The van der Waals surface area contributed by atoms with Crippen LogP contribution in [0.5, 0.6) is 0 Å². The number of benzene rings is 1. The molecule has 1 heterocycles. The molecule has 1 aromatic heterocycles. The van der Waals surface area contributed by atoms with Crippen LogP contribution in [0.1, 0.15) is 24.5 Å². The molecule has 0 aliphatic carbocycles. The van der Waals surface area contributed by atoms with Gasteiger partial charge in [-0.25, -0.2) is 0 Å². The van der Waals surface area contributed by atoms with E-state index in [-0.39, 0.29) is 5.41 Å². The van der Waals surface area contributed by atoms with Crippen LogP contribution in [-0.4, -0.2) is 26.8 Å².